The van der Waals surface area contributed by atoms with Crippen LogP contribution in [-0.2, 0) is 32.7 Å². The van der Waals surface area contributed by atoms with Crippen LogP contribution in [0.15, 0.2) is 72.9 Å². The molecule has 0 aliphatic carbocycles. The lowest BCUT2D eigenvalue weighted by atomic mass is 10.1. The first-order valence-corrected chi connectivity index (χ1v) is 21.7. The first-order chi connectivity index (χ1) is 25.7. The molecule has 0 fully saturated rings. The van der Waals surface area contributed by atoms with Gasteiger partial charge in [-0.25, -0.2) is 4.57 Å². The molecule has 0 aromatic heterocycles. The molecule has 2 unspecified atom stereocenters. The number of hydrogen-bond donors (Lipinski definition) is 1. The van der Waals surface area contributed by atoms with Gasteiger partial charge in [0.2, 0.25) is 0 Å². The van der Waals surface area contributed by atoms with Gasteiger partial charge in [-0.3, -0.25) is 18.6 Å². The number of carbonyl (C=O) groups excluding carboxylic acids is 2. The van der Waals surface area contributed by atoms with E-state index in [1.165, 1.54) is 38.5 Å². The molecule has 0 radical (unpaired) electrons. The van der Waals surface area contributed by atoms with Crippen molar-refractivity contribution >= 4 is 19.8 Å². The lowest BCUT2D eigenvalue weighted by Gasteiger charge is -2.20. The molecule has 9 nitrogen and oxygen atoms in total. The van der Waals surface area contributed by atoms with Gasteiger partial charge < -0.3 is 19.3 Å². The SMILES string of the molecule is CCCCC/C=C\C/C=C\C/C=C\CCCCC(=O)OCC(COP(=O)(O)OCCN(C)C)OC(=O)CCCC/C=C\C/C=C\C/C=C\CCCCC. The summed E-state index contributed by atoms with van der Waals surface area (Å²) in [5, 5.41) is 0. The summed E-state index contributed by atoms with van der Waals surface area (Å²) < 4.78 is 33.3. The molecule has 0 heterocycles. The van der Waals surface area contributed by atoms with Crippen molar-refractivity contribution in [1.82, 2.24) is 4.90 Å². The summed E-state index contributed by atoms with van der Waals surface area (Å²) in [4.78, 5) is 36.9. The quantitative estimate of drug-likeness (QED) is 0.0288. The molecule has 0 saturated heterocycles. The summed E-state index contributed by atoms with van der Waals surface area (Å²) in [6.45, 7) is 4.14. The van der Waals surface area contributed by atoms with E-state index in [1.807, 2.05) is 14.1 Å². The van der Waals surface area contributed by atoms with E-state index in [4.69, 9.17) is 18.5 Å². The van der Waals surface area contributed by atoms with Crippen molar-refractivity contribution in [3.63, 3.8) is 0 Å². The lowest BCUT2D eigenvalue weighted by Crippen LogP contribution is -2.29. The third-order valence-corrected chi connectivity index (χ3v) is 8.97. The zero-order chi connectivity index (χ0) is 39.1. The van der Waals surface area contributed by atoms with E-state index >= 15 is 0 Å². The smallest absolute Gasteiger partial charge is 0.462 e. The van der Waals surface area contributed by atoms with Gasteiger partial charge in [-0.2, -0.15) is 0 Å². The number of esters is 2. The fraction of sp³-hybridized carbons (Fsp3) is 0.674. The molecule has 53 heavy (non-hydrogen) atoms. The van der Waals surface area contributed by atoms with Gasteiger partial charge >= 0.3 is 19.8 Å². The van der Waals surface area contributed by atoms with Crippen molar-refractivity contribution in [3.05, 3.63) is 72.9 Å². The first kappa shape index (κ1) is 50.5. The Labute approximate surface area is 323 Å². The number of nitrogens with zero attached hydrogens (tertiary/aromatic N) is 1. The van der Waals surface area contributed by atoms with E-state index in [0.29, 0.717) is 19.4 Å². The summed E-state index contributed by atoms with van der Waals surface area (Å²) in [5.41, 5.74) is 0. The van der Waals surface area contributed by atoms with Crippen LogP contribution in [0.2, 0.25) is 0 Å². The van der Waals surface area contributed by atoms with E-state index < -0.39 is 32.5 Å². The highest BCUT2D eigenvalue weighted by molar-refractivity contribution is 7.47. The van der Waals surface area contributed by atoms with Gasteiger partial charge in [0, 0.05) is 19.4 Å². The van der Waals surface area contributed by atoms with E-state index in [-0.39, 0.29) is 26.1 Å². The highest BCUT2D eigenvalue weighted by atomic mass is 31.2. The molecule has 10 heteroatoms. The maximum atomic E-state index is 12.6. The Hall–Kier alpha value is -2.55. The average Bonchev–Trinajstić information content (AvgIpc) is 3.12. The zero-order valence-electron chi connectivity index (χ0n) is 33.7. The monoisotopic (exact) mass is 764 g/mol. The second kappa shape index (κ2) is 37.8. The van der Waals surface area contributed by atoms with Crippen LogP contribution < -0.4 is 0 Å². The number of ether oxygens (including phenoxy) is 2. The van der Waals surface area contributed by atoms with Crippen LogP contribution in [0, 0.1) is 0 Å². The van der Waals surface area contributed by atoms with Gasteiger partial charge in [0.05, 0.1) is 13.2 Å². The largest absolute Gasteiger partial charge is 0.472 e. The minimum atomic E-state index is -4.38. The number of likely N-dealkylation sites (N-methyl/N-ethyl adjacent to an activating group) is 1. The summed E-state index contributed by atoms with van der Waals surface area (Å²) >= 11 is 0. The normalized spacial score (nSPS) is 14.2. The van der Waals surface area contributed by atoms with Gasteiger partial charge in [0.25, 0.3) is 0 Å². The van der Waals surface area contributed by atoms with Crippen LogP contribution in [-0.4, -0.2) is 68.3 Å². The standard InChI is InChI=1S/C43H74NO8P/c1-5-7-9-11-13-15-17-19-21-23-25-27-29-31-33-35-42(45)49-39-41(40-51-53(47,48)50-38-37-44(3)4)52-43(46)36-34-32-30-28-26-24-22-20-18-16-14-12-10-8-6-2/h13-16,19-22,25-28,41H,5-12,17-18,23-24,29-40H2,1-4H3,(H,47,48)/b15-13-,16-14-,21-19-,22-20-,27-25-,28-26-. The molecular weight excluding hydrogens is 689 g/mol. The molecule has 0 aliphatic heterocycles. The minimum Gasteiger partial charge on any atom is -0.462 e. The number of rotatable bonds is 36. The maximum Gasteiger partial charge on any atom is 0.472 e. The van der Waals surface area contributed by atoms with Crippen molar-refractivity contribution in [2.45, 2.75) is 148 Å². The number of unbranched alkanes of at least 4 members (excludes halogenated alkanes) is 10. The topological polar surface area (TPSA) is 112 Å². The fourth-order valence-corrected chi connectivity index (χ4v) is 5.56. The predicted molar refractivity (Wildman–Crippen MR) is 220 cm³/mol. The predicted octanol–water partition coefficient (Wildman–Crippen LogP) is 11.3. The Morgan fingerprint density at radius 2 is 1.00 bits per heavy atom. The molecule has 0 aromatic rings. The van der Waals surface area contributed by atoms with E-state index in [0.717, 1.165) is 64.2 Å². The van der Waals surface area contributed by atoms with Gasteiger partial charge in [0.15, 0.2) is 6.10 Å². The Balaban J connectivity index is 4.50. The maximum absolute atomic E-state index is 12.6. The van der Waals surface area contributed by atoms with Gasteiger partial charge in [-0.15, -0.1) is 0 Å². The van der Waals surface area contributed by atoms with Crippen LogP contribution in [0.5, 0.6) is 0 Å². The van der Waals surface area contributed by atoms with Crippen LogP contribution in [0.25, 0.3) is 0 Å². The van der Waals surface area contributed by atoms with Crippen LogP contribution in [0.1, 0.15) is 142 Å². The van der Waals surface area contributed by atoms with Crippen molar-refractivity contribution < 1.29 is 37.6 Å². The van der Waals surface area contributed by atoms with Crippen LogP contribution >= 0.6 is 7.82 Å². The van der Waals surface area contributed by atoms with Crippen molar-refractivity contribution in [2.24, 2.45) is 0 Å². The molecule has 2 atom stereocenters. The van der Waals surface area contributed by atoms with Gasteiger partial charge in [0.1, 0.15) is 6.61 Å². The highest BCUT2D eigenvalue weighted by Gasteiger charge is 2.26. The highest BCUT2D eigenvalue weighted by Crippen LogP contribution is 2.43. The summed E-state index contributed by atoms with van der Waals surface area (Å²) in [5.74, 6) is -0.901. The third kappa shape index (κ3) is 39.0. The lowest BCUT2D eigenvalue weighted by molar-refractivity contribution is -0.161. The molecular formula is C43H74NO8P. The summed E-state index contributed by atoms with van der Waals surface area (Å²) in [7, 11) is -0.757. The van der Waals surface area contributed by atoms with Gasteiger partial charge in [-0.05, 0) is 104 Å². The summed E-state index contributed by atoms with van der Waals surface area (Å²) in [6, 6.07) is 0. The molecule has 0 bridgehead atoms. The first-order valence-electron chi connectivity index (χ1n) is 20.2. The van der Waals surface area contributed by atoms with E-state index in [1.54, 1.807) is 4.90 Å². The molecule has 0 saturated carbocycles. The van der Waals surface area contributed by atoms with E-state index in [2.05, 4.69) is 86.8 Å². The molecule has 0 aliphatic rings. The molecule has 0 rings (SSSR count). The van der Waals surface area contributed by atoms with Crippen LogP contribution in [0.3, 0.4) is 0 Å². The Bertz CT molecular complexity index is 1110. The molecule has 0 spiro atoms. The number of phosphoric acid groups is 1. The van der Waals surface area contributed by atoms with Crippen LogP contribution in [0.4, 0.5) is 0 Å². The zero-order valence-corrected chi connectivity index (χ0v) is 34.6. The average molecular weight is 764 g/mol. The number of hydrogen-bond acceptors (Lipinski definition) is 8. The molecule has 304 valence electrons. The molecule has 1 N–H and O–H groups in total. The molecule has 0 aromatic carbocycles. The van der Waals surface area contributed by atoms with E-state index in [9.17, 15) is 19.0 Å². The Kier molecular flexibility index (Phi) is 35.9. The van der Waals surface area contributed by atoms with Crippen molar-refractivity contribution in [3.8, 4) is 0 Å². The summed E-state index contributed by atoms with van der Waals surface area (Å²) in [6.07, 6.45) is 43.8. The van der Waals surface area contributed by atoms with Gasteiger partial charge in [-0.1, -0.05) is 112 Å². The Morgan fingerprint density at radius 1 is 0.585 bits per heavy atom. The minimum absolute atomic E-state index is 0.00969. The molecule has 0 amide bonds. The Morgan fingerprint density at radius 3 is 1.43 bits per heavy atom. The second-order valence-corrected chi connectivity index (χ2v) is 14.9. The third-order valence-electron chi connectivity index (χ3n) is 7.99. The number of phosphoric ester groups is 1. The number of allylic oxidation sites excluding steroid dienone is 12. The number of carbonyl (C=O) groups is 2. The second-order valence-electron chi connectivity index (χ2n) is 13.5. The fourth-order valence-electron chi connectivity index (χ4n) is 4.82. The van der Waals surface area contributed by atoms with Crippen molar-refractivity contribution in [1.29, 1.82) is 0 Å². The van der Waals surface area contributed by atoms with Crippen molar-refractivity contribution in [2.75, 3.05) is 40.5 Å².